The molecule has 0 radical (unpaired) electrons. The Bertz CT molecular complexity index is 1500. The molecule has 230 valence electrons. The number of methoxy groups -OCH3 is 2. The number of hydrogen-bond acceptors (Lipinski definition) is 3. The molecule has 1 atom stereocenters. The first-order valence-electron chi connectivity index (χ1n) is 15.3. The first kappa shape index (κ1) is 32.3. The molecule has 7 heteroatoms. The number of nitrogens with zero attached hydrogens (tertiary/aromatic N) is 2. The second-order valence-electron chi connectivity index (χ2n) is 12.9. The van der Waals surface area contributed by atoms with Crippen LogP contribution in [0.15, 0.2) is 70.8 Å². The van der Waals surface area contributed by atoms with E-state index in [-0.39, 0.29) is 16.9 Å². The van der Waals surface area contributed by atoms with E-state index in [4.69, 9.17) is 44.3 Å². The maximum absolute atomic E-state index is 7.17. The number of ether oxygens (including phenoxy) is 2. The Kier molecular flexibility index (Phi) is 9.85. The van der Waals surface area contributed by atoms with Crippen LogP contribution in [0.2, 0.25) is 10.0 Å². The molecule has 2 aromatic carbocycles. The molecule has 0 aromatic heterocycles. The number of fused-ring (bicyclic) bond motifs is 2. The maximum atomic E-state index is 7.17. The van der Waals surface area contributed by atoms with Crippen LogP contribution in [-0.4, -0.2) is 56.9 Å². The van der Waals surface area contributed by atoms with Crippen LogP contribution in [0, 0.1) is 0 Å². The van der Waals surface area contributed by atoms with Crippen LogP contribution in [0.25, 0.3) is 0 Å². The zero-order chi connectivity index (χ0) is 30.9. The van der Waals surface area contributed by atoms with Crippen molar-refractivity contribution in [3.8, 4) is 0 Å². The van der Waals surface area contributed by atoms with Gasteiger partial charge in [0.25, 0.3) is 0 Å². The zero-order valence-corrected chi connectivity index (χ0v) is 28.5. The summed E-state index contributed by atoms with van der Waals surface area (Å²) in [6.45, 7) is 12.1. The predicted octanol–water partition coefficient (Wildman–Crippen LogP) is 9.38. The molecule has 2 aromatic rings. The molecule has 5 rings (SSSR count). The summed E-state index contributed by atoms with van der Waals surface area (Å²) >= 11 is 20.0. The molecule has 0 fully saturated rings. The van der Waals surface area contributed by atoms with Gasteiger partial charge in [0.15, 0.2) is 12.3 Å². The minimum absolute atomic E-state index is 0.0626. The lowest BCUT2D eigenvalue weighted by Crippen LogP contribution is -2.42. The predicted molar refractivity (Wildman–Crippen MR) is 182 cm³/mol. The van der Waals surface area contributed by atoms with Gasteiger partial charge in [0, 0.05) is 70.7 Å². The van der Waals surface area contributed by atoms with Crippen LogP contribution < -0.4 is 4.90 Å². The van der Waals surface area contributed by atoms with Crippen molar-refractivity contribution in [3.05, 3.63) is 92.0 Å². The third kappa shape index (κ3) is 6.24. The number of anilines is 1. The molecule has 4 nitrogen and oxygen atoms in total. The third-order valence-corrected chi connectivity index (χ3v) is 10.5. The van der Waals surface area contributed by atoms with Crippen molar-refractivity contribution in [3.63, 3.8) is 0 Å². The highest BCUT2D eigenvalue weighted by molar-refractivity contribution is 6.32. The zero-order valence-electron chi connectivity index (χ0n) is 26.3. The van der Waals surface area contributed by atoms with Crippen molar-refractivity contribution in [2.75, 3.05) is 45.4 Å². The minimum Gasteiger partial charge on any atom is -0.383 e. The highest BCUT2D eigenvalue weighted by atomic mass is 35.5. The summed E-state index contributed by atoms with van der Waals surface area (Å²) in [4.78, 5) is 2.49. The lowest BCUT2D eigenvalue weighted by Gasteiger charge is -2.34. The fraction of sp³-hybridized carbons (Fsp3) is 0.472. The molecule has 0 amide bonds. The quantitative estimate of drug-likeness (QED) is 0.242. The second kappa shape index (κ2) is 13.1. The van der Waals surface area contributed by atoms with Gasteiger partial charge in [0.05, 0.1) is 12.0 Å². The van der Waals surface area contributed by atoms with E-state index >= 15 is 0 Å². The first-order valence-corrected chi connectivity index (χ1v) is 16.4. The van der Waals surface area contributed by atoms with Gasteiger partial charge in [-0.15, -0.1) is 0 Å². The third-order valence-electron chi connectivity index (χ3n) is 9.57. The van der Waals surface area contributed by atoms with Crippen LogP contribution in [0.4, 0.5) is 11.4 Å². The SMILES string of the molecule is COCCN1c2ccc(Cl)cc2C(C)(C)C1CC=C1CCCC(C=CC2=[N+](CCOC)c3ccc(Cl)cc3C2(C)C)=C1Cl. The molecule has 3 aliphatic rings. The topological polar surface area (TPSA) is 24.7 Å². The van der Waals surface area contributed by atoms with Gasteiger partial charge < -0.3 is 14.4 Å². The van der Waals surface area contributed by atoms with Crippen molar-refractivity contribution < 1.29 is 14.0 Å². The Labute approximate surface area is 272 Å². The van der Waals surface area contributed by atoms with Crippen molar-refractivity contribution in [1.29, 1.82) is 0 Å². The largest absolute Gasteiger partial charge is 0.383 e. The fourth-order valence-electron chi connectivity index (χ4n) is 7.15. The van der Waals surface area contributed by atoms with E-state index in [1.165, 1.54) is 39.4 Å². The molecule has 0 saturated heterocycles. The molecule has 0 N–H and O–H groups in total. The molecule has 2 aliphatic heterocycles. The van der Waals surface area contributed by atoms with Gasteiger partial charge in [-0.3, -0.25) is 0 Å². The van der Waals surface area contributed by atoms with E-state index in [0.29, 0.717) is 13.2 Å². The summed E-state index contributed by atoms with van der Waals surface area (Å²) in [7, 11) is 3.51. The summed E-state index contributed by atoms with van der Waals surface area (Å²) in [5.41, 5.74) is 8.38. The van der Waals surface area contributed by atoms with E-state index in [0.717, 1.165) is 53.9 Å². The fourth-order valence-corrected chi connectivity index (χ4v) is 7.82. The van der Waals surface area contributed by atoms with Gasteiger partial charge in [-0.2, -0.15) is 4.58 Å². The van der Waals surface area contributed by atoms with Crippen molar-refractivity contribution in [2.24, 2.45) is 0 Å². The number of allylic oxidation sites excluding steroid dienone is 5. The molecule has 2 heterocycles. The Hall–Kier alpha value is -2.08. The van der Waals surface area contributed by atoms with Crippen LogP contribution in [-0.2, 0) is 20.3 Å². The average molecular weight is 643 g/mol. The highest BCUT2D eigenvalue weighted by Crippen LogP contribution is 2.48. The van der Waals surface area contributed by atoms with Crippen LogP contribution in [0.3, 0.4) is 0 Å². The van der Waals surface area contributed by atoms with E-state index in [1.54, 1.807) is 14.2 Å². The monoisotopic (exact) mass is 641 g/mol. The van der Waals surface area contributed by atoms with Gasteiger partial charge in [0.1, 0.15) is 6.61 Å². The Morgan fingerprint density at radius 3 is 2.33 bits per heavy atom. The Balaban J connectivity index is 1.44. The molecule has 0 saturated carbocycles. The van der Waals surface area contributed by atoms with Gasteiger partial charge in [0.2, 0.25) is 5.69 Å². The summed E-state index contributed by atoms with van der Waals surface area (Å²) in [5, 5.41) is 2.43. The molecule has 0 spiro atoms. The first-order chi connectivity index (χ1) is 20.5. The van der Waals surface area contributed by atoms with E-state index in [9.17, 15) is 0 Å². The lowest BCUT2D eigenvalue weighted by molar-refractivity contribution is -0.441. The maximum Gasteiger partial charge on any atom is 0.209 e. The smallest absolute Gasteiger partial charge is 0.209 e. The molecular weight excluding hydrogens is 599 g/mol. The van der Waals surface area contributed by atoms with Gasteiger partial charge in [-0.25, -0.2) is 0 Å². The molecule has 1 unspecified atom stereocenters. The van der Waals surface area contributed by atoms with Gasteiger partial charge >= 0.3 is 0 Å². The number of benzene rings is 2. The summed E-state index contributed by atoms with van der Waals surface area (Å²) in [5.74, 6) is 0. The second-order valence-corrected chi connectivity index (χ2v) is 14.1. The van der Waals surface area contributed by atoms with E-state index < -0.39 is 0 Å². The van der Waals surface area contributed by atoms with Gasteiger partial charge in [-0.1, -0.05) is 60.8 Å². The van der Waals surface area contributed by atoms with Crippen LogP contribution >= 0.6 is 34.8 Å². The summed E-state index contributed by atoms with van der Waals surface area (Å²) in [6.07, 6.45) is 10.8. The summed E-state index contributed by atoms with van der Waals surface area (Å²) in [6, 6.07) is 12.7. The Morgan fingerprint density at radius 1 is 0.907 bits per heavy atom. The van der Waals surface area contributed by atoms with Crippen LogP contribution in [0.1, 0.15) is 64.5 Å². The lowest BCUT2D eigenvalue weighted by atomic mass is 9.78. The normalized spacial score (nSPS) is 21.8. The molecule has 43 heavy (non-hydrogen) atoms. The molecular formula is C36H44Cl3N2O2+. The van der Waals surface area contributed by atoms with E-state index in [2.05, 4.69) is 79.7 Å². The van der Waals surface area contributed by atoms with Crippen molar-refractivity contribution in [2.45, 2.75) is 70.3 Å². The Morgan fingerprint density at radius 2 is 1.60 bits per heavy atom. The average Bonchev–Trinajstić information content (AvgIpc) is 3.31. The van der Waals surface area contributed by atoms with Crippen molar-refractivity contribution in [1.82, 2.24) is 0 Å². The number of halogens is 3. The number of rotatable bonds is 10. The van der Waals surface area contributed by atoms with Crippen molar-refractivity contribution >= 4 is 51.9 Å². The molecule has 1 aliphatic carbocycles. The molecule has 0 bridgehead atoms. The van der Waals surface area contributed by atoms with Gasteiger partial charge in [-0.05, 0) is 86.6 Å². The van der Waals surface area contributed by atoms with E-state index in [1.807, 2.05) is 12.1 Å². The number of hydrogen-bond donors (Lipinski definition) is 0. The minimum atomic E-state index is -0.192. The standard InChI is InChI=1S/C36H44Cl3N2O2/c1-35(2)28-22-26(37)12-14-30(28)40(18-20-42-5)32(35)16-10-24-8-7-9-25(34(24)39)11-17-33-36(3,4)29-23-27(38)13-15-31(29)41(33)19-21-43-6/h10-16,22-23,33H,7-9,17-21H2,1-6H3/q+1. The van der Waals surface area contributed by atoms with Crippen LogP contribution in [0.5, 0.6) is 0 Å². The highest BCUT2D eigenvalue weighted by Gasteiger charge is 2.45. The summed E-state index contributed by atoms with van der Waals surface area (Å²) < 4.78 is 13.3.